The van der Waals surface area contributed by atoms with Gasteiger partial charge in [0, 0.05) is 5.92 Å². The highest BCUT2D eigenvalue weighted by Crippen LogP contribution is 2.30. The Morgan fingerprint density at radius 1 is 1.22 bits per heavy atom. The van der Waals surface area contributed by atoms with Crippen LogP contribution in [0.25, 0.3) is 0 Å². The lowest BCUT2D eigenvalue weighted by atomic mass is 9.88. The fourth-order valence-corrected chi connectivity index (χ4v) is 2.86. The second-order valence-electron chi connectivity index (χ2n) is 5.96. The zero-order valence-corrected chi connectivity index (χ0v) is 13.3. The summed E-state index contributed by atoms with van der Waals surface area (Å²) in [5.74, 6) is -3.73. The van der Waals surface area contributed by atoms with Crippen molar-refractivity contribution in [3.05, 3.63) is 58.7 Å². The highest BCUT2D eigenvalue weighted by atomic mass is 19.1. The molecule has 124 valence electrons. The summed E-state index contributed by atoms with van der Waals surface area (Å²) in [7, 11) is 0. The quantitative estimate of drug-likeness (QED) is 0.664. The Balaban J connectivity index is 2.02. The van der Waals surface area contributed by atoms with E-state index < -0.39 is 23.2 Å². The summed E-state index contributed by atoms with van der Waals surface area (Å²) in [6.07, 6.45) is 12.6. The monoisotopic (exact) mass is 320 g/mol. The van der Waals surface area contributed by atoms with Crippen molar-refractivity contribution in [1.82, 2.24) is 0 Å². The molecule has 0 saturated carbocycles. The molecule has 1 N–H and O–H groups in total. The first-order chi connectivity index (χ1) is 11.0. The minimum Gasteiger partial charge on any atom is -0.477 e. The van der Waals surface area contributed by atoms with Crippen LogP contribution < -0.4 is 0 Å². The second-order valence-corrected chi connectivity index (χ2v) is 5.96. The van der Waals surface area contributed by atoms with Crippen molar-refractivity contribution in [3.63, 3.8) is 0 Å². The minimum atomic E-state index is -1.58. The summed E-state index contributed by atoms with van der Waals surface area (Å²) in [4.78, 5) is 10.8. The van der Waals surface area contributed by atoms with Crippen molar-refractivity contribution in [2.24, 2.45) is 0 Å². The van der Waals surface area contributed by atoms with Gasteiger partial charge < -0.3 is 5.11 Å². The fraction of sp³-hybridized carbons (Fsp3) is 0.421. The Morgan fingerprint density at radius 2 is 1.91 bits per heavy atom. The van der Waals surface area contributed by atoms with Crippen LogP contribution in [0.2, 0.25) is 0 Å². The van der Waals surface area contributed by atoms with E-state index in [1.807, 2.05) is 12.2 Å². The summed E-state index contributed by atoms with van der Waals surface area (Å²) in [6.45, 7) is 2.18. The predicted octanol–water partition coefficient (Wildman–Crippen LogP) is 5.60. The molecule has 1 aliphatic carbocycles. The number of carboxylic acid groups (broad SMARTS) is 1. The van der Waals surface area contributed by atoms with Gasteiger partial charge in [0.15, 0.2) is 0 Å². The summed E-state index contributed by atoms with van der Waals surface area (Å²) in [5, 5.41) is 8.80. The average Bonchev–Trinajstić information content (AvgIpc) is 2.51. The van der Waals surface area contributed by atoms with Crippen molar-refractivity contribution in [2.75, 3.05) is 0 Å². The number of aromatic carboxylic acids is 1. The molecule has 2 nitrogen and oxygen atoms in total. The molecule has 0 aromatic heterocycles. The van der Waals surface area contributed by atoms with Crippen molar-refractivity contribution in [3.8, 4) is 0 Å². The van der Waals surface area contributed by atoms with Gasteiger partial charge in [0.25, 0.3) is 0 Å². The van der Waals surface area contributed by atoms with Crippen LogP contribution in [-0.2, 0) is 0 Å². The van der Waals surface area contributed by atoms with E-state index in [0.29, 0.717) is 12.0 Å². The number of halogens is 2. The van der Waals surface area contributed by atoms with Gasteiger partial charge in [0.1, 0.15) is 17.2 Å². The van der Waals surface area contributed by atoms with Gasteiger partial charge >= 0.3 is 5.97 Å². The molecule has 2 rings (SSSR count). The molecule has 0 fully saturated rings. The molecule has 0 radical (unpaired) electrons. The number of carbonyl (C=O) groups is 1. The number of carboxylic acids is 1. The van der Waals surface area contributed by atoms with E-state index in [2.05, 4.69) is 13.0 Å². The van der Waals surface area contributed by atoms with E-state index >= 15 is 0 Å². The van der Waals surface area contributed by atoms with Crippen LogP contribution in [0.5, 0.6) is 0 Å². The molecular formula is C19H22F2O2. The van der Waals surface area contributed by atoms with Crippen molar-refractivity contribution < 1.29 is 18.7 Å². The molecule has 1 aromatic rings. The van der Waals surface area contributed by atoms with E-state index in [4.69, 9.17) is 5.11 Å². The largest absolute Gasteiger partial charge is 0.477 e. The van der Waals surface area contributed by atoms with Gasteiger partial charge in [-0.2, -0.15) is 0 Å². The maximum atomic E-state index is 13.8. The predicted molar refractivity (Wildman–Crippen MR) is 86.7 cm³/mol. The van der Waals surface area contributed by atoms with Crippen LogP contribution in [0.4, 0.5) is 8.78 Å². The molecule has 0 bridgehead atoms. The third kappa shape index (κ3) is 4.50. The van der Waals surface area contributed by atoms with E-state index in [0.717, 1.165) is 25.0 Å². The summed E-state index contributed by atoms with van der Waals surface area (Å²) in [5.41, 5.74) is 0.851. The highest BCUT2D eigenvalue weighted by Gasteiger charge is 2.20. The molecule has 1 atom stereocenters. The third-order valence-electron chi connectivity index (χ3n) is 4.20. The van der Waals surface area contributed by atoms with Gasteiger partial charge in [0.05, 0.1) is 0 Å². The Bertz CT molecular complexity index is 609. The van der Waals surface area contributed by atoms with Crippen LogP contribution in [-0.4, -0.2) is 11.1 Å². The highest BCUT2D eigenvalue weighted by molar-refractivity contribution is 5.88. The molecule has 1 unspecified atom stereocenters. The first-order valence-corrected chi connectivity index (χ1v) is 8.12. The second kappa shape index (κ2) is 8.04. The van der Waals surface area contributed by atoms with Crippen molar-refractivity contribution in [2.45, 2.75) is 51.4 Å². The minimum absolute atomic E-state index is 0.110. The summed E-state index contributed by atoms with van der Waals surface area (Å²) in [6, 6.07) is 2.25. The Kier molecular flexibility index (Phi) is 6.08. The number of hydrogen-bond acceptors (Lipinski definition) is 1. The molecule has 0 amide bonds. The first-order valence-electron chi connectivity index (χ1n) is 8.12. The molecule has 4 heteroatoms. The van der Waals surface area contributed by atoms with E-state index in [-0.39, 0.29) is 5.92 Å². The molecule has 0 saturated heterocycles. The third-order valence-corrected chi connectivity index (χ3v) is 4.20. The number of benzene rings is 1. The molecular weight excluding hydrogens is 298 g/mol. The Labute approximate surface area is 135 Å². The van der Waals surface area contributed by atoms with Gasteiger partial charge in [-0.3, -0.25) is 0 Å². The van der Waals surface area contributed by atoms with Gasteiger partial charge in [-0.1, -0.05) is 50.0 Å². The molecule has 0 aliphatic heterocycles. The molecule has 0 spiro atoms. The fourth-order valence-electron chi connectivity index (χ4n) is 2.86. The Hall–Kier alpha value is -1.97. The van der Waals surface area contributed by atoms with E-state index in [1.165, 1.54) is 24.8 Å². The van der Waals surface area contributed by atoms with E-state index in [1.54, 1.807) is 0 Å². The van der Waals surface area contributed by atoms with Crippen LogP contribution >= 0.6 is 0 Å². The van der Waals surface area contributed by atoms with Gasteiger partial charge in [-0.05, 0) is 37.0 Å². The summed E-state index contributed by atoms with van der Waals surface area (Å²) >= 11 is 0. The number of rotatable bonds is 7. The zero-order valence-electron chi connectivity index (χ0n) is 13.3. The van der Waals surface area contributed by atoms with Crippen molar-refractivity contribution in [1.29, 1.82) is 0 Å². The van der Waals surface area contributed by atoms with Crippen molar-refractivity contribution >= 4 is 5.97 Å². The smallest absolute Gasteiger partial charge is 0.341 e. The van der Waals surface area contributed by atoms with Crippen LogP contribution in [0, 0.1) is 11.6 Å². The number of hydrogen-bond donors (Lipinski definition) is 1. The lowest BCUT2D eigenvalue weighted by Gasteiger charge is -2.17. The van der Waals surface area contributed by atoms with Gasteiger partial charge in [0.2, 0.25) is 0 Å². The topological polar surface area (TPSA) is 37.3 Å². The number of unbranched alkanes of at least 4 members (excludes halogenated alkanes) is 3. The molecule has 0 heterocycles. The standard InChI is InChI=1S/C19H22F2O2/c1-2-3-4-5-6-13-7-9-14(10-8-13)15-11-16(20)18(19(22)23)17(21)12-15/h7-9,11-12,14H,2-6,10H2,1H3,(H,22,23). The maximum Gasteiger partial charge on any atom is 0.341 e. The van der Waals surface area contributed by atoms with Crippen LogP contribution in [0.15, 0.2) is 35.9 Å². The Morgan fingerprint density at radius 3 is 2.43 bits per heavy atom. The van der Waals surface area contributed by atoms with E-state index in [9.17, 15) is 13.6 Å². The van der Waals surface area contributed by atoms with Crippen LogP contribution in [0.3, 0.4) is 0 Å². The normalized spacial score (nSPS) is 17.2. The number of allylic oxidation sites excluding steroid dienone is 4. The lowest BCUT2D eigenvalue weighted by Crippen LogP contribution is -2.08. The molecule has 1 aromatic carbocycles. The summed E-state index contributed by atoms with van der Waals surface area (Å²) < 4.78 is 27.5. The maximum absolute atomic E-state index is 13.8. The average molecular weight is 320 g/mol. The SMILES string of the molecule is CCCCCCC1=CCC(c2cc(F)c(C(=O)O)c(F)c2)C=C1. The van der Waals surface area contributed by atoms with Crippen LogP contribution in [0.1, 0.15) is 67.3 Å². The molecule has 1 aliphatic rings. The zero-order chi connectivity index (χ0) is 16.8. The first kappa shape index (κ1) is 17.4. The lowest BCUT2D eigenvalue weighted by molar-refractivity contribution is 0.0686. The molecule has 23 heavy (non-hydrogen) atoms. The van der Waals surface area contributed by atoms with Gasteiger partial charge in [-0.15, -0.1) is 0 Å². The van der Waals surface area contributed by atoms with Gasteiger partial charge in [-0.25, -0.2) is 13.6 Å².